The zero-order chi connectivity index (χ0) is 15.4. The molecule has 4 nitrogen and oxygen atoms in total. The lowest BCUT2D eigenvalue weighted by molar-refractivity contribution is -0.119. The average molecular weight is 311 g/mol. The molecule has 3 aromatic rings. The quantitative estimate of drug-likeness (QED) is 0.721. The van der Waals surface area contributed by atoms with Gasteiger partial charge in [0.1, 0.15) is 12.2 Å². The van der Waals surface area contributed by atoms with Gasteiger partial charge in [0.15, 0.2) is 0 Å². The number of amides is 1. The molecule has 3 rings (SSSR count). The first-order valence-corrected chi connectivity index (χ1v) is 8.08. The Morgan fingerprint density at radius 1 is 1.18 bits per heavy atom. The van der Waals surface area contributed by atoms with Gasteiger partial charge in [-0.1, -0.05) is 24.3 Å². The van der Waals surface area contributed by atoms with E-state index in [9.17, 15) is 4.79 Å². The molecule has 0 spiro atoms. The molecule has 0 aliphatic carbocycles. The van der Waals surface area contributed by atoms with E-state index in [0.29, 0.717) is 6.54 Å². The summed E-state index contributed by atoms with van der Waals surface area (Å²) in [6, 6.07) is 15.7. The van der Waals surface area contributed by atoms with Crippen LogP contribution in [0, 0.1) is 0 Å². The first-order chi connectivity index (χ1) is 10.8. The number of thiophene rings is 1. The minimum atomic E-state index is 0.0366. The Kier molecular flexibility index (Phi) is 4.34. The highest BCUT2D eigenvalue weighted by Gasteiger charge is 2.15. The summed E-state index contributed by atoms with van der Waals surface area (Å²) in [5.41, 5.74) is 1.83. The molecule has 0 fully saturated rings. The van der Waals surface area contributed by atoms with Crippen LogP contribution in [0.3, 0.4) is 0 Å². The number of para-hydroxylation sites is 1. The van der Waals surface area contributed by atoms with Gasteiger partial charge in [-0.2, -0.15) is 5.10 Å². The SMILES string of the molecule is CCN(C(=O)Cn1ccc(-c2cccs2)n1)c1ccccc1. The molecule has 112 valence electrons. The molecule has 2 heterocycles. The highest BCUT2D eigenvalue weighted by atomic mass is 32.1. The largest absolute Gasteiger partial charge is 0.311 e. The van der Waals surface area contributed by atoms with Crippen LogP contribution in [0.2, 0.25) is 0 Å². The summed E-state index contributed by atoms with van der Waals surface area (Å²) < 4.78 is 1.70. The minimum Gasteiger partial charge on any atom is -0.311 e. The average Bonchev–Trinajstić information content (AvgIpc) is 3.20. The molecule has 1 aromatic carbocycles. The number of hydrogen-bond donors (Lipinski definition) is 0. The number of rotatable bonds is 5. The lowest BCUT2D eigenvalue weighted by Crippen LogP contribution is -2.33. The second-order valence-electron chi connectivity index (χ2n) is 4.85. The van der Waals surface area contributed by atoms with Crippen molar-refractivity contribution >= 4 is 22.9 Å². The molecule has 22 heavy (non-hydrogen) atoms. The maximum absolute atomic E-state index is 12.5. The third-order valence-corrected chi connectivity index (χ3v) is 4.29. The lowest BCUT2D eigenvalue weighted by atomic mass is 10.3. The van der Waals surface area contributed by atoms with Gasteiger partial charge in [0.25, 0.3) is 0 Å². The van der Waals surface area contributed by atoms with E-state index < -0.39 is 0 Å². The molecule has 0 aliphatic rings. The van der Waals surface area contributed by atoms with Crippen LogP contribution in [-0.4, -0.2) is 22.2 Å². The highest BCUT2D eigenvalue weighted by Crippen LogP contribution is 2.22. The van der Waals surface area contributed by atoms with Crippen LogP contribution in [0.4, 0.5) is 5.69 Å². The van der Waals surface area contributed by atoms with Crippen LogP contribution in [-0.2, 0) is 11.3 Å². The van der Waals surface area contributed by atoms with Gasteiger partial charge in [0, 0.05) is 18.4 Å². The Hall–Kier alpha value is -2.40. The predicted molar refractivity (Wildman–Crippen MR) is 90.0 cm³/mol. The van der Waals surface area contributed by atoms with Gasteiger partial charge in [0.05, 0.1) is 4.88 Å². The van der Waals surface area contributed by atoms with E-state index in [4.69, 9.17) is 0 Å². The molecule has 0 N–H and O–H groups in total. The van der Waals surface area contributed by atoms with Gasteiger partial charge < -0.3 is 4.90 Å². The van der Waals surface area contributed by atoms with Crippen LogP contribution in [0.15, 0.2) is 60.1 Å². The van der Waals surface area contributed by atoms with Crippen molar-refractivity contribution in [2.75, 3.05) is 11.4 Å². The summed E-state index contributed by atoms with van der Waals surface area (Å²) in [6.45, 7) is 2.86. The molecule has 0 atom stereocenters. The number of benzene rings is 1. The van der Waals surface area contributed by atoms with Gasteiger partial charge in [-0.25, -0.2) is 0 Å². The molecule has 0 aliphatic heterocycles. The van der Waals surface area contributed by atoms with Gasteiger partial charge in [0.2, 0.25) is 5.91 Å². The van der Waals surface area contributed by atoms with Gasteiger partial charge in [-0.05, 0) is 36.6 Å². The number of hydrogen-bond acceptors (Lipinski definition) is 3. The van der Waals surface area contributed by atoms with E-state index in [1.807, 2.05) is 67.0 Å². The molecule has 0 saturated carbocycles. The number of carbonyl (C=O) groups is 1. The van der Waals surface area contributed by atoms with E-state index in [0.717, 1.165) is 16.3 Å². The third-order valence-electron chi connectivity index (χ3n) is 3.40. The molecular weight excluding hydrogens is 294 g/mol. The molecule has 0 bridgehead atoms. The van der Waals surface area contributed by atoms with E-state index in [-0.39, 0.29) is 12.5 Å². The fraction of sp³-hybridized carbons (Fsp3) is 0.176. The minimum absolute atomic E-state index is 0.0366. The number of nitrogens with zero attached hydrogens (tertiary/aromatic N) is 3. The van der Waals surface area contributed by atoms with Crippen molar-refractivity contribution in [3.05, 3.63) is 60.1 Å². The number of aromatic nitrogens is 2. The molecule has 5 heteroatoms. The highest BCUT2D eigenvalue weighted by molar-refractivity contribution is 7.13. The van der Waals surface area contributed by atoms with E-state index in [1.54, 1.807) is 20.9 Å². The molecule has 0 unspecified atom stereocenters. The Bertz CT molecular complexity index is 734. The van der Waals surface area contributed by atoms with Gasteiger partial charge in [-0.15, -0.1) is 11.3 Å². The van der Waals surface area contributed by atoms with Gasteiger partial charge >= 0.3 is 0 Å². The normalized spacial score (nSPS) is 10.6. The van der Waals surface area contributed by atoms with Crippen molar-refractivity contribution in [3.8, 4) is 10.6 Å². The van der Waals surface area contributed by atoms with Crippen LogP contribution >= 0.6 is 11.3 Å². The topological polar surface area (TPSA) is 38.1 Å². The van der Waals surface area contributed by atoms with Gasteiger partial charge in [-0.3, -0.25) is 9.48 Å². The second kappa shape index (κ2) is 6.58. The smallest absolute Gasteiger partial charge is 0.248 e. The second-order valence-corrected chi connectivity index (χ2v) is 5.80. The monoisotopic (exact) mass is 311 g/mol. The fourth-order valence-electron chi connectivity index (χ4n) is 2.34. The Morgan fingerprint density at radius 2 is 2.00 bits per heavy atom. The summed E-state index contributed by atoms with van der Waals surface area (Å²) in [5.74, 6) is 0.0366. The molecule has 2 aromatic heterocycles. The molecule has 1 amide bonds. The predicted octanol–water partition coefficient (Wildman–Crippen LogP) is 3.66. The van der Waals surface area contributed by atoms with Crippen LogP contribution < -0.4 is 4.90 Å². The van der Waals surface area contributed by atoms with Crippen LogP contribution in [0.25, 0.3) is 10.6 Å². The maximum Gasteiger partial charge on any atom is 0.248 e. The van der Waals surface area contributed by atoms with Crippen molar-refractivity contribution in [1.82, 2.24) is 9.78 Å². The molecule has 0 radical (unpaired) electrons. The Morgan fingerprint density at radius 3 is 2.68 bits per heavy atom. The fourth-order valence-corrected chi connectivity index (χ4v) is 3.03. The number of carbonyl (C=O) groups excluding carboxylic acids is 1. The van der Waals surface area contributed by atoms with Crippen molar-refractivity contribution in [1.29, 1.82) is 0 Å². The van der Waals surface area contributed by atoms with E-state index >= 15 is 0 Å². The summed E-state index contributed by atoms with van der Waals surface area (Å²) in [4.78, 5) is 15.4. The summed E-state index contributed by atoms with van der Waals surface area (Å²) in [5, 5.41) is 6.50. The zero-order valence-corrected chi connectivity index (χ0v) is 13.2. The summed E-state index contributed by atoms with van der Waals surface area (Å²) in [7, 11) is 0. The zero-order valence-electron chi connectivity index (χ0n) is 12.3. The van der Waals surface area contributed by atoms with Crippen molar-refractivity contribution in [2.45, 2.75) is 13.5 Å². The van der Waals surface area contributed by atoms with E-state index in [1.165, 1.54) is 0 Å². The number of anilines is 1. The maximum atomic E-state index is 12.5. The summed E-state index contributed by atoms with van der Waals surface area (Å²) in [6.07, 6.45) is 1.85. The first kappa shape index (κ1) is 14.5. The molecule has 0 saturated heterocycles. The summed E-state index contributed by atoms with van der Waals surface area (Å²) >= 11 is 1.64. The third kappa shape index (κ3) is 3.09. The molecular formula is C17H17N3OS. The van der Waals surface area contributed by atoms with Crippen molar-refractivity contribution in [3.63, 3.8) is 0 Å². The Balaban J connectivity index is 1.73. The number of likely N-dealkylation sites (N-methyl/N-ethyl adjacent to an activating group) is 1. The van der Waals surface area contributed by atoms with Crippen molar-refractivity contribution in [2.24, 2.45) is 0 Å². The van der Waals surface area contributed by atoms with Crippen LogP contribution in [0.1, 0.15) is 6.92 Å². The Labute approximate surface area is 133 Å². The standard InChI is InChI=1S/C17H17N3OS/c1-2-20(14-7-4-3-5-8-14)17(21)13-19-11-10-15(18-19)16-9-6-12-22-16/h3-12H,2,13H2,1H3. The van der Waals surface area contributed by atoms with E-state index in [2.05, 4.69) is 5.10 Å². The van der Waals surface area contributed by atoms with Crippen LogP contribution in [0.5, 0.6) is 0 Å². The first-order valence-electron chi connectivity index (χ1n) is 7.20. The lowest BCUT2D eigenvalue weighted by Gasteiger charge is -2.20. The van der Waals surface area contributed by atoms with Crippen molar-refractivity contribution < 1.29 is 4.79 Å².